The normalized spacial score (nSPS) is 16.2. The fourth-order valence-corrected chi connectivity index (χ4v) is 2.91. The van der Waals surface area contributed by atoms with Gasteiger partial charge in [0, 0.05) is 34.5 Å². The summed E-state index contributed by atoms with van der Waals surface area (Å²) in [4.78, 5) is 2.38. The third-order valence-corrected chi connectivity index (χ3v) is 4.20. The molecule has 1 aliphatic carbocycles. The molecule has 1 aromatic carbocycles. The molecule has 0 atom stereocenters. The highest BCUT2D eigenvalue weighted by Gasteiger charge is 2.24. The molecule has 0 bridgehead atoms. The quantitative estimate of drug-likeness (QED) is 0.702. The zero-order valence-electron chi connectivity index (χ0n) is 9.63. The van der Waals surface area contributed by atoms with E-state index in [0.29, 0.717) is 6.04 Å². The lowest BCUT2D eigenvalue weighted by Crippen LogP contribution is -2.40. The van der Waals surface area contributed by atoms with E-state index in [2.05, 4.69) is 36.8 Å². The Balaban J connectivity index is 2.05. The number of hydrogen-bond acceptors (Lipinski definition) is 1. The van der Waals surface area contributed by atoms with E-state index in [9.17, 15) is 4.39 Å². The molecule has 0 aliphatic heterocycles. The van der Waals surface area contributed by atoms with Gasteiger partial charge in [0.25, 0.3) is 0 Å². The van der Waals surface area contributed by atoms with Crippen LogP contribution < -0.4 is 0 Å². The van der Waals surface area contributed by atoms with Crippen molar-refractivity contribution in [2.24, 2.45) is 0 Å². The summed E-state index contributed by atoms with van der Waals surface area (Å²) in [7, 11) is 0. The van der Waals surface area contributed by atoms with Crippen molar-refractivity contribution in [3.63, 3.8) is 0 Å². The van der Waals surface area contributed by atoms with E-state index in [1.54, 1.807) is 6.07 Å². The Labute approximate surface area is 119 Å². The first-order valence-electron chi connectivity index (χ1n) is 5.94. The molecule has 0 amide bonds. The van der Waals surface area contributed by atoms with Crippen molar-refractivity contribution in [3.8, 4) is 0 Å². The average molecular weight is 365 g/mol. The van der Waals surface area contributed by atoms with E-state index in [-0.39, 0.29) is 5.82 Å². The van der Waals surface area contributed by atoms with Crippen LogP contribution in [-0.4, -0.2) is 22.8 Å². The smallest absolute Gasteiger partial charge is 0.128 e. The summed E-state index contributed by atoms with van der Waals surface area (Å²) in [5.41, 5.74) is 0.793. The molecule has 0 saturated heterocycles. The minimum Gasteiger partial charge on any atom is -0.295 e. The highest BCUT2D eigenvalue weighted by Crippen LogP contribution is 2.27. The van der Waals surface area contributed by atoms with Gasteiger partial charge in [-0.25, -0.2) is 4.39 Å². The maximum atomic E-state index is 13.8. The Morgan fingerprint density at radius 2 is 2.12 bits per heavy atom. The van der Waals surface area contributed by atoms with Crippen LogP contribution in [0.4, 0.5) is 4.39 Å². The van der Waals surface area contributed by atoms with Crippen LogP contribution in [0.1, 0.15) is 24.8 Å². The summed E-state index contributed by atoms with van der Waals surface area (Å²) in [6, 6.07) is 5.98. The van der Waals surface area contributed by atoms with Crippen LogP contribution in [-0.2, 0) is 6.54 Å². The molecule has 1 nitrogen and oxygen atoms in total. The van der Waals surface area contributed by atoms with Gasteiger partial charge in [0.05, 0.1) is 0 Å². The molecule has 0 radical (unpaired) electrons. The fourth-order valence-electron chi connectivity index (χ4n) is 2.12. The lowest BCUT2D eigenvalue weighted by molar-refractivity contribution is 0.127. The number of hydrogen-bond donors (Lipinski definition) is 0. The number of rotatable bonds is 5. The summed E-state index contributed by atoms with van der Waals surface area (Å²) < 4.78 is 14.6. The number of alkyl halides is 1. The number of benzene rings is 1. The van der Waals surface area contributed by atoms with Gasteiger partial charge < -0.3 is 0 Å². The molecular formula is C13H16Br2FN. The van der Waals surface area contributed by atoms with E-state index < -0.39 is 0 Å². The Morgan fingerprint density at radius 3 is 2.65 bits per heavy atom. The van der Waals surface area contributed by atoms with Gasteiger partial charge in [0.2, 0.25) is 0 Å². The van der Waals surface area contributed by atoms with Crippen molar-refractivity contribution in [2.75, 3.05) is 11.9 Å². The topological polar surface area (TPSA) is 3.24 Å². The lowest BCUT2D eigenvalue weighted by atomic mass is 9.91. The molecule has 1 aromatic rings. The lowest BCUT2D eigenvalue weighted by Gasteiger charge is -2.37. The number of halogens is 3. The van der Waals surface area contributed by atoms with Gasteiger partial charge in [-0.3, -0.25) is 4.90 Å². The molecule has 17 heavy (non-hydrogen) atoms. The predicted octanol–water partition coefficient (Wildman–Crippen LogP) is 4.34. The van der Waals surface area contributed by atoms with E-state index in [1.807, 2.05) is 12.1 Å². The van der Waals surface area contributed by atoms with Gasteiger partial charge in [-0.05, 0) is 25.0 Å². The molecule has 1 fully saturated rings. The minimum absolute atomic E-state index is 0.113. The highest BCUT2D eigenvalue weighted by atomic mass is 79.9. The summed E-state index contributed by atoms with van der Waals surface area (Å²) in [6.07, 6.45) is 3.82. The minimum atomic E-state index is -0.113. The second-order valence-electron chi connectivity index (χ2n) is 4.48. The van der Waals surface area contributed by atoms with Crippen LogP contribution in [0, 0.1) is 5.82 Å². The van der Waals surface area contributed by atoms with Crippen LogP contribution in [0.2, 0.25) is 0 Å². The monoisotopic (exact) mass is 363 g/mol. The predicted molar refractivity (Wildman–Crippen MR) is 75.9 cm³/mol. The SMILES string of the molecule is Fc1cc(Br)ccc1CN(CCBr)C1CCC1. The van der Waals surface area contributed by atoms with Crippen molar-refractivity contribution < 1.29 is 4.39 Å². The third-order valence-electron chi connectivity index (χ3n) is 3.35. The van der Waals surface area contributed by atoms with E-state index >= 15 is 0 Å². The van der Waals surface area contributed by atoms with Crippen LogP contribution in [0.3, 0.4) is 0 Å². The maximum Gasteiger partial charge on any atom is 0.128 e. The van der Waals surface area contributed by atoms with Crippen molar-refractivity contribution in [1.29, 1.82) is 0 Å². The third kappa shape index (κ3) is 3.52. The molecule has 2 rings (SSSR count). The Hall–Kier alpha value is 0.0700. The summed E-state index contributed by atoms with van der Waals surface area (Å²) >= 11 is 6.76. The molecular weight excluding hydrogens is 349 g/mol. The molecule has 0 heterocycles. The van der Waals surface area contributed by atoms with Crippen LogP contribution in [0.5, 0.6) is 0 Å². The molecule has 0 aromatic heterocycles. The van der Waals surface area contributed by atoms with Crippen LogP contribution in [0.15, 0.2) is 22.7 Å². The van der Waals surface area contributed by atoms with Crippen molar-refractivity contribution in [3.05, 3.63) is 34.1 Å². The van der Waals surface area contributed by atoms with Crippen LogP contribution >= 0.6 is 31.9 Å². The van der Waals surface area contributed by atoms with Gasteiger partial charge in [-0.15, -0.1) is 0 Å². The van der Waals surface area contributed by atoms with E-state index in [0.717, 1.165) is 28.5 Å². The van der Waals surface area contributed by atoms with Gasteiger partial charge in [-0.2, -0.15) is 0 Å². The summed E-state index contributed by atoms with van der Waals surface area (Å²) in [6.45, 7) is 1.70. The molecule has 0 unspecified atom stereocenters. The summed E-state index contributed by atoms with van der Waals surface area (Å²) in [5.74, 6) is -0.113. The van der Waals surface area contributed by atoms with Crippen molar-refractivity contribution in [2.45, 2.75) is 31.8 Å². The zero-order valence-corrected chi connectivity index (χ0v) is 12.8. The maximum absolute atomic E-state index is 13.8. The van der Waals surface area contributed by atoms with Gasteiger partial charge in [-0.1, -0.05) is 44.3 Å². The first-order valence-corrected chi connectivity index (χ1v) is 7.86. The average Bonchev–Trinajstić information content (AvgIpc) is 2.20. The van der Waals surface area contributed by atoms with Crippen molar-refractivity contribution in [1.82, 2.24) is 4.90 Å². The highest BCUT2D eigenvalue weighted by molar-refractivity contribution is 9.10. The first-order chi connectivity index (χ1) is 8.20. The summed E-state index contributed by atoms with van der Waals surface area (Å²) in [5, 5.41) is 0.946. The fraction of sp³-hybridized carbons (Fsp3) is 0.538. The Morgan fingerprint density at radius 1 is 1.35 bits per heavy atom. The second kappa shape index (κ2) is 6.30. The molecule has 94 valence electrons. The largest absolute Gasteiger partial charge is 0.295 e. The van der Waals surface area contributed by atoms with Gasteiger partial charge >= 0.3 is 0 Å². The molecule has 4 heteroatoms. The van der Waals surface area contributed by atoms with Crippen LogP contribution in [0.25, 0.3) is 0 Å². The number of nitrogens with zero attached hydrogens (tertiary/aromatic N) is 1. The molecule has 0 spiro atoms. The Bertz CT molecular complexity index is 380. The standard InChI is InChI=1S/C13H16Br2FN/c14-6-7-17(12-2-1-3-12)9-10-4-5-11(15)8-13(10)16/h4-5,8,12H,1-3,6-7,9H2. The van der Waals surface area contributed by atoms with Gasteiger partial charge in [0.15, 0.2) is 0 Å². The van der Waals surface area contributed by atoms with Crippen molar-refractivity contribution >= 4 is 31.9 Å². The van der Waals surface area contributed by atoms with Gasteiger partial charge in [0.1, 0.15) is 5.82 Å². The van der Waals surface area contributed by atoms with E-state index in [1.165, 1.54) is 19.3 Å². The molecule has 1 aliphatic rings. The second-order valence-corrected chi connectivity index (χ2v) is 6.19. The van der Waals surface area contributed by atoms with E-state index in [4.69, 9.17) is 0 Å². The molecule has 0 N–H and O–H groups in total. The first kappa shape index (κ1) is 13.5. The zero-order chi connectivity index (χ0) is 12.3. The molecule has 1 saturated carbocycles. The Kier molecular flexibility index (Phi) is 5.00.